The fraction of sp³-hybridized carbons (Fsp3) is 0.591. The van der Waals surface area contributed by atoms with E-state index in [-0.39, 0.29) is 18.3 Å². The second-order valence-electron chi connectivity index (χ2n) is 8.11. The maximum atomic E-state index is 12.2. The van der Waals surface area contributed by atoms with Gasteiger partial charge in [-0.15, -0.1) is 10.2 Å². The molecule has 2 atom stereocenters. The number of hydrogen-bond donors (Lipinski definition) is 1. The lowest BCUT2D eigenvalue weighted by Gasteiger charge is -2.29. The topological polar surface area (TPSA) is 77.2 Å². The summed E-state index contributed by atoms with van der Waals surface area (Å²) in [5, 5.41) is 11.6. The molecule has 29 heavy (non-hydrogen) atoms. The van der Waals surface area contributed by atoms with Gasteiger partial charge < -0.3 is 14.5 Å². The number of carbonyl (C=O) groups excluding carboxylic acids is 1. The fourth-order valence-corrected chi connectivity index (χ4v) is 4.80. The molecule has 0 radical (unpaired) electrons. The SMILES string of the molecule is C[C@H]1CCCC[C@H]1NC(=O)CSc1nnc(COc2ccc3c(c2)CCCC3)o1. The third-order valence-electron chi connectivity index (χ3n) is 5.92. The summed E-state index contributed by atoms with van der Waals surface area (Å²) in [6.07, 6.45) is 9.52. The molecule has 0 spiro atoms. The second kappa shape index (κ2) is 9.65. The minimum absolute atomic E-state index is 0.0267. The standard InChI is InChI=1S/C22H29N3O3S/c1-15-6-2-5-9-19(15)23-20(26)14-29-22-25-24-21(28-22)13-27-18-11-10-16-7-3-4-8-17(16)12-18/h10-12,15,19H,2-9,13-14H2,1H3,(H,23,26)/t15-,19+/m0/s1. The lowest BCUT2D eigenvalue weighted by molar-refractivity contribution is -0.119. The van der Waals surface area contributed by atoms with Crippen LogP contribution in [0.1, 0.15) is 62.5 Å². The van der Waals surface area contributed by atoms with E-state index in [1.54, 1.807) is 0 Å². The van der Waals surface area contributed by atoms with Crippen molar-refractivity contribution in [3.63, 3.8) is 0 Å². The Hall–Kier alpha value is -2.02. The molecule has 6 nitrogen and oxygen atoms in total. The van der Waals surface area contributed by atoms with E-state index in [0.717, 1.165) is 25.0 Å². The fourth-order valence-electron chi connectivity index (χ4n) is 4.21. The number of benzene rings is 1. The maximum Gasteiger partial charge on any atom is 0.277 e. The molecule has 2 aliphatic rings. The van der Waals surface area contributed by atoms with Crippen molar-refractivity contribution >= 4 is 17.7 Å². The van der Waals surface area contributed by atoms with Crippen LogP contribution in [0.15, 0.2) is 27.8 Å². The summed E-state index contributed by atoms with van der Waals surface area (Å²) in [6, 6.07) is 6.58. The Labute approximate surface area is 176 Å². The molecular formula is C22H29N3O3S. The van der Waals surface area contributed by atoms with E-state index < -0.39 is 0 Å². The van der Waals surface area contributed by atoms with Crippen molar-refractivity contribution in [2.75, 3.05) is 5.75 Å². The Morgan fingerprint density at radius 2 is 2.00 bits per heavy atom. The maximum absolute atomic E-state index is 12.2. The predicted molar refractivity (Wildman–Crippen MR) is 112 cm³/mol. The highest BCUT2D eigenvalue weighted by molar-refractivity contribution is 7.99. The van der Waals surface area contributed by atoms with Crippen molar-refractivity contribution in [1.29, 1.82) is 0 Å². The number of thioether (sulfide) groups is 1. The number of aromatic nitrogens is 2. The minimum atomic E-state index is 0.0267. The number of aryl methyl sites for hydroxylation is 2. The van der Waals surface area contributed by atoms with E-state index >= 15 is 0 Å². The summed E-state index contributed by atoms with van der Waals surface area (Å²) in [4.78, 5) is 12.2. The molecule has 1 N–H and O–H groups in total. The molecule has 1 heterocycles. The Balaban J connectivity index is 1.23. The number of nitrogens with zero attached hydrogens (tertiary/aromatic N) is 2. The van der Waals surface area contributed by atoms with E-state index in [1.807, 2.05) is 6.07 Å². The Kier molecular flexibility index (Phi) is 6.74. The van der Waals surface area contributed by atoms with Gasteiger partial charge in [-0.25, -0.2) is 0 Å². The van der Waals surface area contributed by atoms with Gasteiger partial charge in [0.1, 0.15) is 5.75 Å². The van der Waals surface area contributed by atoms with Gasteiger partial charge in [-0.3, -0.25) is 4.79 Å². The third-order valence-corrected chi connectivity index (χ3v) is 6.73. The van der Waals surface area contributed by atoms with Crippen LogP contribution in [0.25, 0.3) is 0 Å². The molecule has 1 amide bonds. The molecule has 1 saturated carbocycles. The van der Waals surface area contributed by atoms with Gasteiger partial charge in [0.25, 0.3) is 11.1 Å². The molecule has 1 aromatic heterocycles. The summed E-state index contributed by atoms with van der Waals surface area (Å²) in [7, 11) is 0. The highest BCUT2D eigenvalue weighted by Crippen LogP contribution is 2.26. The zero-order valence-corrected chi connectivity index (χ0v) is 17.8. The highest BCUT2D eigenvalue weighted by Gasteiger charge is 2.23. The third kappa shape index (κ3) is 5.53. The molecule has 7 heteroatoms. The number of fused-ring (bicyclic) bond motifs is 1. The number of hydrogen-bond acceptors (Lipinski definition) is 6. The molecule has 0 bridgehead atoms. The molecule has 0 unspecified atom stereocenters. The van der Waals surface area contributed by atoms with Crippen LogP contribution in [0.4, 0.5) is 0 Å². The Morgan fingerprint density at radius 3 is 2.86 bits per heavy atom. The van der Waals surface area contributed by atoms with Gasteiger partial charge in [0, 0.05) is 6.04 Å². The molecule has 0 aliphatic heterocycles. The predicted octanol–water partition coefficient (Wildman–Crippen LogP) is 4.31. The zero-order chi connectivity index (χ0) is 20.1. The van der Waals surface area contributed by atoms with E-state index in [4.69, 9.17) is 9.15 Å². The first kappa shape index (κ1) is 20.3. The molecule has 1 fully saturated rings. The van der Waals surface area contributed by atoms with Crippen LogP contribution in [-0.2, 0) is 24.2 Å². The minimum Gasteiger partial charge on any atom is -0.484 e. The van der Waals surface area contributed by atoms with Crippen molar-refractivity contribution in [1.82, 2.24) is 15.5 Å². The number of carbonyl (C=O) groups is 1. The highest BCUT2D eigenvalue weighted by atomic mass is 32.2. The van der Waals surface area contributed by atoms with Crippen LogP contribution in [0.3, 0.4) is 0 Å². The van der Waals surface area contributed by atoms with Gasteiger partial charge in [0.2, 0.25) is 5.91 Å². The van der Waals surface area contributed by atoms with Crippen molar-refractivity contribution in [2.24, 2.45) is 5.92 Å². The average Bonchev–Trinajstić information content (AvgIpc) is 3.20. The van der Waals surface area contributed by atoms with Crippen LogP contribution >= 0.6 is 11.8 Å². The van der Waals surface area contributed by atoms with Crippen molar-refractivity contribution < 1.29 is 13.9 Å². The molecule has 0 saturated heterocycles. The summed E-state index contributed by atoms with van der Waals surface area (Å²) in [5.74, 6) is 2.12. The first-order valence-electron chi connectivity index (χ1n) is 10.7. The van der Waals surface area contributed by atoms with E-state index in [9.17, 15) is 4.79 Å². The monoisotopic (exact) mass is 415 g/mol. The smallest absolute Gasteiger partial charge is 0.277 e. The van der Waals surface area contributed by atoms with Gasteiger partial charge in [0.15, 0.2) is 6.61 Å². The van der Waals surface area contributed by atoms with Crippen LogP contribution in [0.2, 0.25) is 0 Å². The largest absolute Gasteiger partial charge is 0.484 e. The van der Waals surface area contributed by atoms with Gasteiger partial charge in [0.05, 0.1) is 5.75 Å². The van der Waals surface area contributed by atoms with Crippen LogP contribution in [0.5, 0.6) is 5.75 Å². The lowest BCUT2D eigenvalue weighted by atomic mass is 9.86. The molecule has 2 aromatic rings. The molecule has 4 rings (SSSR count). The number of ether oxygens (including phenoxy) is 1. The van der Waals surface area contributed by atoms with Crippen LogP contribution in [-0.4, -0.2) is 27.9 Å². The van der Waals surface area contributed by atoms with Gasteiger partial charge in [-0.2, -0.15) is 0 Å². The first-order valence-corrected chi connectivity index (χ1v) is 11.6. The molecule has 2 aliphatic carbocycles. The average molecular weight is 416 g/mol. The van der Waals surface area contributed by atoms with Crippen LogP contribution in [0, 0.1) is 5.92 Å². The van der Waals surface area contributed by atoms with Gasteiger partial charge >= 0.3 is 0 Å². The van der Waals surface area contributed by atoms with Gasteiger partial charge in [-0.1, -0.05) is 37.6 Å². The summed E-state index contributed by atoms with van der Waals surface area (Å²) >= 11 is 1.27. The summed E-state index contributed by atoms with van der Waals surface area (Å²) in [5.41, 5.74) is 2.81. The molecule has 1 aromatic carbocycles. The zero-order valence-electron chi connectivity index (χ0n) is 17.0. The summed E-state index contributed by atoms with van der Waals surface area (Å²) < 4.78 is 11.4. The Bertz CT molecular complexity index is 838. The normalized spacial score (nSPS) is 21.4. The number of amides is 1. The van der Waals surface area contributed by atoms with Crippen LogP contribution < -0.4 is 10.1 Å². The summed E-state index contributed by atoms with van der Waals surface area (Å²) in [6.45, 7) is 2.45. The van der Waals surface area contributed by atoms with E-state index in [1.165, 1.54) is 55.0 Å². The van der Waals surface area contributed by atoms with Crippen molar-refractivity contribution in [2.45, 2.75) is 76.2 Å². The Morgan fingerprint density at radius 1 is 1.17 bits per heavy atom. The second-order valence-corrected chi connectivity index (χ2v) is 9.04. The van der Waals surface area contributed by atoms with Crippen molar-refractivity contribution in [3.8, 4) is 5.75 Å². The first-order chi connectivity index (χ1) is 14.2. The number of nitrogens with one attached hydrogen (secondary N) is 1. The van der Waals surface area contributed by atoms with Gasteiger partial charge in [-0.05, 0) is 67.7 Å². The molecule has 156 valence electrons. The molecular weight excluding hydrogens is 386 g/mol. The quantitative estimate of drug-likeness (QED) is 0.679. The van der Waals surface area contributed by atoms with E-state index in [0.29, 0.717) is 23.1 Å². The van der Waals surface area contributed by atoms with Crippen molar-refractivity contribution in [3.05, 3.63) is 35.2 Å². The lowest BCUT2D eigenvalue weighted by Crippen LogP contribution is -2.41. The number of rotatable bonds is 7. The van der Waals surface area contributed by atoms with E-state index in [2.05, 4.69) is 34.6 Å².